The molecule has 3 heterocycles. The van der Waals surface area contributed by atoms with Crippen molar-refractivity contribution in [2.75, 3.05) is 18.3 Å². The average Bonchev–Trinajstić information content (AvgIpc) is 3.32. The molecule has 3 aromatic rings. The summed E-state index contributed by atoms with van der Waals surface area (Å²) in [7, 11) is 0. The summed E-state index contributed by atoms with van der Waals surface area (Å²) >= 11 is 0. The maximum atomic E-state index is 12.3. The lowest BCUT2D eigenvalue weighted by Gasteiger charge is -2.22. The summed E-state index contributed by atoms with van der Waals surface area (Å²) < 4.78 is 16.1. The first-order valence-electron chi connectivity index (χ1n) is 7.58. The number of carbonyl (C=O) groups is 1. The number of benzene rings is 2. The molecule has 1 N–H and O–H groups in total. The van der Waals surface area contributed by atoms with E-state index in [0.29, 0.717) is 12.4 Å². The van der Waals surface area contributed by atoms with E-state index in [1.165, 1.54) is 0 Å². The van der Waals surface area contributed by atoms with Crippen LogP contribution in [0.3, 0.4) is 0 Å². The van der Waals surface area contributed by atoms with Crippen molar-refractivity contribution in [3.63, 3.8) is 0 Å². The van der Waals surface area contributed by atoms with Crippen molar-refractivity contribution in [3.05, 3.63) is 48.3 Å². The van der Waals surface area contributed by atoms with Gasteiger partial charge < -0.3 is 19.2 Å². The Morgan fingerprint density at radius 3 is 2.96 bits per heavy atom. The van der Waals surface area contributed by atoms with Crippen molar-refractivity contribution >= 4 is 22.8 Å². The molecule has 2 aliphatic rings. The lowest BCUT2D eigenvalue weighted by molar-refractivity contribution is 0.174. The van der Waals surface area contributed by atoms with Crippen molar-refractivity contribution in [2.24, 2.45) is 0 Å². The SMILES string of the molecule is O=C1OCC(c2ccc3c(c2)OCO3)N1c1ccc2nc[nH]c2c1. The zero-order valence-corrected chi connectivity index (χ0v) is 12.6. The van der Waals surface area contributed by atoms with Crippen LogP contribution >= 0.6 is 0 Å². The molecule has 5 rings (SSSR count). The van der Waals surface area contributed by atoms with Crippen LogP contribution in [-0.2, 0) is 4.74 Å². The van der Waals surface area contributed by atoms with Crippen molar-refractivity contribution in [1.29, 1.82) is 0 Å². The fourth-order valence-electron chi connectivity index (χ4n) is 3.15. The van der Waals surface area contributed by atoms with Crippen LogP contribution in [0.5, 0.6) is 11.5 Å². The molecule has 7 nitrogen and oxygen atoms in total. The van der Waals surface area contributed by atoms with Crippen LogP contribution < -0.4 is 14.4 Å². The summed E-state index contributed by atoms with van der Waals surface area (Å²) in [6.07, 6.45) is 1.27. The molecule has 1 unspecified atom stereocenters. The number of imidazole rings is 1. The van der Waals surface area contributed by atoms with Gasteiger partial charge in [-0.1, -0.05) is 6.07 Å². The van der Waals surface area contributed by atoms with Crippen LogP contribution in [0.2, 0.25) is 0 Å². The van der Waals surface area contributed by atoms with E-state index in [2.05, 4.69) is 9.97 Å². The van der Waals surface area contributed by atoms with Crippen LogP contribution in [-0.4, -0.2) is 29.5 Å². The number of amides is 1. The summed E-state index contributed by atoms with van der Waals surface area (Å²) in [5, 5.41) is 0. The molecule has 1 fully saturated rings. The number of carbonyl (C=O) groups excluding carboxylic acids is 1. The topological polar surface area (TPSA) is 76.7 Å². The second-order valence-corrected chi connectivity index (χ2v) is 5.68. The van der Waals surface area contributed by atoms with Gasteiger partial charge in [-0.3, -0.25) is 4.90 Å². The second-order valence-electron chi connectivity index (χ2n) is 5.68. The molecule has 0 saturated carbocycles. The summed E-state index contributed by atoms with van der Waals surface area (Å²) in [6, 6.07) is 11.1. The molecular formula is C17H13N3O4. The molecule has 7 heteroatoms. The first-order chi connectivity index (χ1) is 11.8. The third-order valence-corrected chi connectivity index (χ3v) is 4.34. The van der Waals surface area contributed by atoms with Crippen LogP contribution in [0, 0.1) is 0 Å². The zero-order valence-electron chi connectivity index (χ0n) is 12.6. The van der Waals surface area contributed by atoms with E-state index in [1.54, 1.807) is 11.2 Å². The van der Waals surface area contributed by atoms with Gasteiger partial charge in [0.1, 0.15) is 6.61 Å². The molecule has 1 atom stereocenters. The van der Waals surface area contributed by atoms with Gasteiger partial charge in [-0.2, -0.15) is 0 Å². The lowest BCUT2D eigenvalue weighted by atomic mass is 10.1. The molecule has 0 bridgehead atoms. The van der Waals surface area contributed by atoms with Crippen molar-refractivity contribution in [1.82, 2.24) is 9.97 Å². The molecular weight excluding hydrogens is 310 g/mol. The van der Waals surface area contributed by atoms with Gasteiger partial charge in [0.2, 0.25) is 6.79 Å². The van der Waals surface area contributed by atoms with Crippen LogP contribution in [0.4, 0.5) is 10.5 Å². The minimum Gasteiger partial charge on any atom is -0.454 e. The number of ether oxygens (including phenoxy) is 3. The number of rotatable bonds is 2. The minimum absolute atomic E-state index is 0.215. The number of aromatic amines is 1. The molecule has 1 aromatic heterocycles. The molecule has 2 aromatic carbocycles. The molecule has 24 heavy (non-hydrogen) atoms. The highest BCUT2D eigenvalue weighted by Gasteiger charge is 2.36. The Kier molecular flexibility index (Phi) is 2.70. The Labute approximate surface area is 136 Å². The van der Waals surface area contributed by atoms with E-state index in [0.717, 1.165) is 28.0 Å². The van der Waals surface area contributed by atoms with Gasteiger partial charge in [-0.15, -0.1) is 0 Å². The van der Waals surface area contributed by atoms with Crippen molar-refractivity contribution < 1.29 is 19.0 Å². The van der Waals surface area contributed by atoms with Gasteiger partial charge in [-0.05, 0) is 35.9 Å². The van der Waals surface area contributed by atoms with Crippen LogP contribution in [0.15, 0.2) is 42.7 Å². The molecule has 0 aliphatic carbocycles. The summed E-state index contributed by atoms with van der Waals surface area (Å²) in [5.41, 5.74) is 3.43. The van der Waals surface area contributed by atoms with Crippen molar-refractivity contribution in [3.8, 4) is 11.5 Å². The van der Waals surface area contributed by atoms with Crippen LogP contribution in [0.1, 0.15) is 11.6 Å². The summed E-state index contributed by atoms with van der Waals surface area (Å²) in [4.78, 5) is 21.2. The van der Waals surface area contributed by atoms with Gasteiger partial charge in [0, 0.05) is 0 Å². The zero-order chi connectivity index (χ0) is 16.1. The van der Waals surface area contributed by atoms with E-state index >= 15 is 0 Å². The predicted octanol–water partition coefficient (Wildman–Crippen LogP) is 2.99. The normalized spacial score (nSPS) is 19.1. The number of nitrogens with one attached hydrogen (secondary N) is 1. The number of hydrogen-bond acceptors (Lipinski definition) is 5. The maximum Gasteiger partial charge on any atom is 0.415 e. The van der Waals surface area contributed by atoms with E-state index in [4.69, 9.17) is 14.2 Å². The Balaban J connectivity index is 1.56. The van der Waals surface area contributed by atoms with Gasteiger partial charge in [0.15, 0.2) is 11.5 Å². The first-order valence-corrected chi connectivity index (χ1v) is 7.58. The number of fused-ring (bicyclic) bond motifs is 2. The standard InChI is InChI=1S/C17H13N3O4/c21-17-20(11-2-3-12-13(6-11)19-8-18-12)14(7-22-17)10-1-4-15-16(5-10)24-9-23-15/h1-6,8,14H,7,9H2,(H,18,19). The quantitative estimate of drug-likeness (QED) is 0.784. The highest BCUT2D eigenvalue weighted by atomic mass is 16.7. The van der Waals surface area contributed by atoms with Crippen LogP contribution in [0.25, 0.3) is 11.0 Å². The third-order valence-electron chi connectivity index (χ3n) is 4.34. The fraction of sp³-hybridized carbons (Fsp3) is 0.176. The van der Waals surface area contributed by atoms with Gasteiger partial charge in [0.25, 0.3) is 0 Å². The maximum absolute atomic E-state index is 12.3. The predicted molar refractivity (Wildman–Crippen MR) is 85.2 cm³/mol. The van der Waals surface area contributed by atoms with E-state index in [-0.39, 0.29) is 18.9 Å². The Morgan fingerprint density at radius 2 is 2.00 bits per heavy atom. The molecule has 120 valence electrons. The monoisotopic (exact) mass is 323 g/mol. The summed E-state index contributed by atoms with van der Waals surface area (Å²) in [5.74, 6) is 1.41. The highest BCUT2D eigenvalue weighted by molar-refractivity contribution is 5.93. The molecule has 0 spiro atoms. The smallest absolute Gasteiger partial charge is 0.415 e. The number of nitrogens with zero attached hydrogens (tertiary/aromatic N) is 2. The number of aromatic nitrogens is 2. The molecule has 2 aliphatic heterocycles. The number of anilines is 1. The lowest BCUT2D eigenvalue weighted by Crippen LogP contribution is -2.27. The first kappa shape index (κ1) is 13.2. The molecule has 1 saturated heterocycles. The Morgan fingerprint density at radius 1 is 1.08 bits per heavy atom. The number of H-pyrrole nitrogens is 1. The Bertz CT molecular complexity index is 952. The second kappa shape index (κ2) is 4.89. The fourth-order valence-corrected chi connectivity index (χ4v) is 3.15. The minimum atomic E-state index is -0.364. The largest absolute Gasteiger partial charge is 0.454 e. The van der Waals surface area contributed by atoms with E-state index in [1.807, 2.05) is 36.4 Å². The van der Waals surface area contributed by atoms with Gasteiger partial charge in [0.05, 0.1) is 29.1 Å². The molecule has 1 amide bonds. The third kappa shape index (κ3) is 1.91. The van der Waals surface area contributed by atoms with Gasteiger partial charge >= 0.3 is 6.09 Å². The van der Waals surface area contributed by atoms with E-state index in [9.17, 15) is 4.79 Å². The van der Waals surface area contributed by atoms with Gasteiger partial charge in [-0.25, -0.2) is 9.78 Å². The van der Waals surface area contributed by atoms with Crippen molar-refractivity contribution in [2.45, 2.75) is 6.04 Å². The highest BCUT2D eigenvalue weighted by Crippen LogP contribution is 2.39. The molecule has 0 radical (unpaired) electrons. The number of hydrogen-bond donors (Lipinski definition) is 1. The average molecular weight is 323 g/mol. The van der Waals surface area contributed by atoms with E-state index < -0.39 is 0 Å². The summed E-state index contributed by atoms with van der Waals surface area (Å²) in [6.45, 7) is 0.512. The Hall–Kier alpha value is -3.22. The number of cyclic esters (lactones) is 1.